The van der Waals surface area contributed by atoms with Gasteiger partial charge < -0.3 is 10.6 Å². The normalized spacial score (nSPS) is 13.8. The molecule has 0 saturated carbocycles. The van der Waals surface area contributed by atoms with Gasteiger partial charge in [0.05, 0.1) is 0 Å². The van der Waals surface area contributed by atoms with Crippen LogP contribution in [0.5, 0.6) is 0 Å². The van der Waals surface area contributed by atoms with Crippen molar-refractivity contribution in [2.24, 2.45) is 0 Å². The third-order valence-electron chi connectivity index (χ3n) is 3.79. The number of hydrogen-bond donors (Lipinski definition) is 2. The molecule has 0 bridgehead atoms. The number of anilines is 3. The molecule has 5 heteroatoms. The number of fused-ring (bicyclic) bond motifs is 2. The van der Waals surface area contributed by atoms with Crippen LogP contribution in [0.25, 0.3) is 5.65 Å². The fourth-order valence-corrected chi connectivity index (χ4v) is 2.72. The average Bonchev–Trinajstić information content (AvgIpc) is 2.88. The van der Waals surface area contributed by atoms with Gasteiger partial charge in [-0.1, -0.05) is 0 Å². The van der Waals surface area contributed by atoms with Gasteiger partial charge in [-0.25, -0.2) is 4.52 Å². The van der Waals surface area contributed by atoms with Crippen LogP contribution in [0.2, 0.25) is 0 Å². The Bertz CT molecular complexity index is 806. The van der Waals surface area contributed by atoms with Crippen molar-refractivity contribution < 1.29 is 0 Å². The van der Waals surface area contributed by atoms with E-state index in [4.69, 9.17) is 0 Å². The lowest BCUT2D eigenvalue weighted by molar-refractivity contribution is 0.830. The maximum absolute atomic E-state index is 4.51. The zero-order valence-electron chi connectivity index (χ0n) is 11.9. The summed E-state index contributed by atoms with van der Waals surface area (Å²) in [6, 6.07) is 10.4. The first-order chi connectivity index (χ1) is 10.3. The van der Waals surface area contributed by atoms with E-state index in [1.165, 1.54) is 23.2 Å². The van der Waals surface area contributed by atoms with Crippen LogP contribution in [0.3, 0.4) is 0 Å². The lowest BCUT2D eigenvalue weighted by atomic mass is 10.0. The van der Waals surface area contributed by atoms with Crippen molar-refractivity contribution in [1.29, 1.82) is 0 Å². The molecule has 0 unspecified atom stereocenters. The third kappa shape index (κ3) is 2.31. The number of hydrogen-bond acceptors (Lipinski definition) is 4. The highest BCUT2D eigenvalue weighted by atomic mass is 15.3. The van der Waals surface area contributed by atoms with Crippen LogP contribution in [0, 0.1) is 6.92 Å². The van der Waals surface area contributed by atoms with Gasteiger partial charge in [-0.05, 0) is 61.2 Å². The fourth-order valence-electron chi connectivity index (χ4n) is 2.72. The first kappa shape index (κ1) is 12.2. The van der Waals surface area contributed by atoms with Gasteiger partial charge in [0.2, 0.25) is 5.95 Å². The molecule has 0 atom stereocenters. The second-order valence-corrected chi connectivity index (χ2v) is 5.47. The summed E-state index contributed by atoms with van der Waals surface area (Å²) in [7, 11) is 0. The zero-order valence-corrected chi connectivity index (χ0v) is 11.9. The molecule has 3 aromatic rings. The van der Waals surface area contributed by atoms with Crippen LogP contribution in [-0.2, 0) is 6.42 Å². The predicted octanol–water partition coefficient (Wildman–Crippen LogP) is 3.14. The fraction of sp³-hybridized carbons (Fsp3) is 0.250. The minimum Gasteiger partial charge on any atom is -0.385 e. The molecule has 0 spiro atoms. The van der Waals surface area contributed by atoms with Crippen molar-refractivity contribution in [2.75, 3.05) is 17.2 Å². The third-order valence-corrected chi connectivity index (χ3v) is 3.79. The SMILES string of the molecule is Cc1ccn2nc(Nc3ccc4c(c3)CCCN4)nc2c1. The first-order valence-corrected chi connectivity index (χ1v) is 7.25. The highest BCUT2D eigenvalue weighted by Crippen LogP contribution is 2.26. The smallest absolute Gasteiger partial charge is 0.247 e. The quantitative estimate of drug-likeness (QED) is 0.756. The summed E-state index contributed by atoms with van der Waals surface area (Å²) < 4.78 is 1.79. The van der Waals surface area contributed by atoms with E-state index in [1.807, 2.05) is 18.3 Å². The van der Waals surface area contributed by atoms with Gasteiger partial charge in [0.25, 0.3) is 0 Å². The Labute approximate surface area is 123 Å². The van der Waals surface area contributed by atoms with E-state index in [1.54, 1.807) is 4.52 Å². The zero-order chi connectivity index (χ0) is 14.2. The molecule has 0 fully saturated rings. The van der Waals surface area contributed by atoms with Gasteiger partial charge in [0.1, 0.15) is 0 Å². The summed E-state index contributed by atoms with van der Waals surface area (Å²) >= 11 is 0. The molecular formula is C16H17N5. The molecule has 0 saturated heterocycles. The molecule has 1 aliphatic rings. The lowest BCUT2D eigenvalue weighted by Crippen LogP contribution is -2.11. The van der Waals surface area contributed by atoms with Gasteiger partial charge in [0.15, 0.2) is 5.65 Å². The van der Waals surface area contributed by atoms with Crippen LogP contribution in [0.4, 0.5) is 17.3 Å². The van der Waals surface area contributed by atoms with Crippen molar-refractivity contribution in [1.82, 2.24) is 14.6 Å². The molecule has 5 nitrogen and oxygen atoms in total. The van der Waals surface area contributed by atoms with E-state index < -0.39 is 0 Å². The topological polar surface area (TPSA) is 54.2 Å². The number of aryl methyl sites for hydroxylation is 2. The van der Waals surface area contributed by atoms with Crippen molar-refractivity contribution in [3.63, 3.8) is 0 Å². The number of pyridine rings is 1. The van der Waals surface area contributed by atoms with Crippen molar-refractivity contribution in [3.05, 3.63) is 47.7 Å². The number of nitrogens with one attached hydrogen (secondary N) is 2. The van der Waals surface area contributed by atoms with Crippen LogP contribution >= 0.6 is 0 Å². The Hall–Kier alpha value is -2.56. The minimum absolute atomic E-state index is 0.629. The summed E-state index contributed by atoms with van der Waals surface area (Å²) in [6.07, 6.45) is 4.23. The largest absolute Gasteiger partial charge is 0.385 e. The van der Waals surface area contributed by atoms with Crippen molar-refractivity contribution in [2.45, 2.75) is 19.8 Å². The Kier molecular flexibility index (Phi) is 2.77. The molecule has 1 aromatic carbocycles. The molecule has 0 amide bonds. The van der Waals surface area contributed by atoms with Gasteiger partial charge in [-0.3, -0.25) is 0 Å². The highest BCUT2D eigenvalue weighted by Gasteiger charge is 2.10. The van der Waals surface area contributed by atoms with Crippen LogP contribution in [0.1, 0.15) is 17.5 Å². The maximum Gasteiger partial charge on any atom is 0.247 e. The molecule has 0 radical (unpaired) electrons. The van der Waals surface area contributed by atoms with E-state index in [0.717, 1.165) is 24.3 Å². The van der Waals surface area contributed by atoms with Gasteiger partial charge in [-0.15, -0.1) is 5.10 Å². The summed E-state index contributed by atoms with van der Waals surface area (Å²) in [4.78, 5) is 4.51. The number of benzene rings is 1. The van der Waals surface area contributed by atoms with Crippen molar-refractivity contribution >= 4 is 23.0 Å². The van der Waals surface area contributed by atoms with Gasteiger partial charge in [0, 0.05) is 24.1 Å². The number of aromatic nitrogens is 3. The number of rotatable bonds is 2. The molecule has 1 aliphatic heterocycles. The van der Waals surface area contributed by atoms with E-state index in [-0.39, 0.29) is 0 Å². The summed E-state index contributed by atoms with van der Waals surface area (Å²) in [5.74, 6) is 0.629. The molecule has 2 N–H and O–H groups in total. The average molecular weight is 279 g/mol. The Morgan fingerprint density at radius 2 is 2.19 bits per heavy atom. The van der Waals surface area contributed by atoms with Gasteiger partial charge >= 0.3 is 0 Å². The molecule has 21 heavy (non-hydrogen) atoms. The molecular weight excluding hydrogens is 262 g/mol. The lowest BCUT2D eigenvalue weighted by Gasteiger charge is -2.18. The van der Waals surface area contributed by atoms with E-state index in [0.29, 0.717) is 5.95 Å². The Balaban J connectivity index is 1.64. The molecule has 4 rings (SSSR count). The molecule has 0 aliphatic carbocycles. The summed E-state index contributed by atoms with van der Waals surface area (Å²) in [6.45, 7) is 3.12. The Morgan fingerprint density at radius 3 is 3.14 bits per heavy atom. The predicted molar refractivity (Wildman–Crippen MR) is 84.3 cm³/mol. The summed E-state index contributed by atoms with van der Waals surface area (Å²) in [5, 5.41) is 11.2. The second-order valence-electron chi connectivity index (χ2n) is 5.47. The molecule has 106 valence electrons. The van der Waals surface area contributed by atoms with E-state index in [9.17, 15) is 0 Å². The van der Waals surface area contributed by atoms with E-state index in [2.05, 4.69) is 45.8 Å². The Morgan fingerprint density at radius 1 is 1.24 bits per heavy atom. The molecule has 3 heterocycles. The highest BCUT2D eigenvalue weighted by molar-refractivity contribution is 5.64. The standard InChI is InChI=1S/C16H17N5/c1-11-6-8-21-15(9-11)19-16(20-21)18-13-4-5-14-12(10-13)3-2-7-17-14/h4-6,8-10,17H,2-3,7H2,1H3,(H,18,20). The maximum atomic E-state index is 4.51. The number of nitrogens with zero attached hydrogens (tertiary/aromatic N) is 3. The second kappa shape index (κ2) is 4.77. The van der Waals surface area contributed by atoms with Crippen LogP contribution in [-0.4, -0.2) is 21.1 Å². The summed E-state index contributed by atoms with van der Waals surface area (Å²) in [5.41, 5.74) is 5.67. The molecule has 2 aromatic heterocycles. The van der Waals surface area contributed by atoms with Gasteiger partial charge in [-0.2, -0.15) is 4.98 Å². The van der Waals surface area contributed by atoms with E-state index >= 15 is 0 Å². The van der Waals surface area contributed by atoms with Crippen molar-refractivity contribution in [3.8, 4) is 0 Å². The van der Waals surface area contributed by atoms with Crippen LogP contribution < -0.4 is 10.6 Å². The van der Waals surface area contributed by atoms with Crippen LogP contribution in [0.15, 0.2) is 36.5 Å². The minimum atomic E-state index is 0.629. The first-order valence-electron chi connectivity index (χ1n) is 7.25. The monoisotopic (exact) mass is 279 g/mol.